The van der Waals surface area contributed by atoms with E-state index < -0.39 is 0 Å². The fourth-order valence-electron chi connectivity index (χ4n) is 2.43. The number of carbonyl (C=O) groups excluding carboxylic acids is 1. The van der Waals surface area contributed by atoms with Gasteiger partial charge in [-0.25, -0.2) is 0 Å². The topological polar surface area (TPSA) is 55.1 Å². The number of anilines is 1. The molecule has 0 atom stereocenters. The van der Waals surface area contributed by atoms with Gasteiger partial charge in [0.2, 0.25) is 5.91 Å². The van der Waals surface area contributed by atoms with Crippen LogP contribution in [0.2, 0.25) is 0 Å². The largest absolute Gasteiger partial charge is 0.328 e. The third-order valence-corrected chi connectivity index (χ3v) is 3.91. The molecule has 0 heterocycles. The average molecular weight is 311 g/mol. The molecule has 4 heteroatoms. The smallest absolute Gasteiger partial charge is 0.227 e. The number of aryl methyl sites for hydroxylation is 1. The standard InChI is InChI=1S/C14H19BrN2O/c1-9-6-11(15)8-13(7-9)17-14(18)10-2-4-12(16)5-3-10/h6-8,10,12H,2-5,16H2,1H3,(H,17,18). The van der Waals surface area contributed by atoms with Crippen molar-refractivity contribution >= 4 is 27.5 Å². The maximum atomic E-state index is 12.1. The van der Waals surface area contributed by atoms with Crippen molar-refractivity contribution in [2.75, 3.05) is 5.32 Å². The number of rotatable bonds is 2. The lowest BCUT2D eigenvalue weighted by atomic mass is 9.86. The molecule has 0 aromatic heterocycles. The van der Waals surface area contributed by atoms with Crippen molar-refractivity contribution in [1.29, 1.82) is 0 Å². The van der Waals surface area contributed by atoms with E-state index in [1.807, 2.05) is 25.1 Å². The summed E-state index contributed by atoms with van der Waals surface area (Å²) in [7, 11) is 0. The molecular weight excluding hydrogens is 292 g/mol. The molecule has 1 aromatic carbocycles. The van der Waals surface area contributed by atoms with Gasteiger partial charge in [-0.3, -0.25) is 4.79 Å². The third-order valence-electron chi connectivity index (χ3n) is 3.45. The summed E-state index contributed by atoms with van der Waals surface area (Å²) >= 11 is 3.44. The fraction of sp³-hybridized carbons (Fsp3) is 0.500. The summed E-state index contributed by atoms with van der Waals surface area (Å²) < 4.78 is 0.989. The predicted octanol–water partition coefficient (Wildman–Crippen LogP) is 3.21. The summed E-state index contributed by atoms with van der Waals surface area (Å²) in [6.07, 6.45) is 3.71. The van der Waals surface area contributed by atoms with Crippen LogP contribution in [0.3, 0.4) is 0 Å². The van der Waals surface area contributed by atoms with Crippen molar-refractivity contribution in [3.05, 3.63) is 28.2 Å². The Morgan fingerprint density at radius 2 is 1.94 bits per heavy atom. The van der Waals surface area contributed by atoms with Crippen molar-refractivity contribution in [3.8, 4) is 0 Å². The van der Waals surface area contributed by atoms with Gasteiger partial charge in [-0.1, -0.05) is 15.9 Å². The van der Waals surface area contributed by atoms with Gasteiger partial charge in [0.15, 0.2) is 0 Å². The van der Waals surface area contributed by atoms with E-state index in [0.29, 0.717) is 0 Å². The Kier molecular flexibility index (Phi) is 4.40. The molecule has 0 saturated heterocycles. The Hall–Kier alpha value is -0.870. The molecule has 1 aromatic rings. The molecule has 0 bridgehead atoms. The highest BCUT2D eigenvalue weighted by Crippen LogP contribution is 2.25. The number of nitrogens with two attached hydrogens (primary N) is 1. The van der Waals surface area contributed by atoms with Crippen molar-refractivity contribution in [2.24, 2.45) is 11.7 Å². The van der Waals surface area contributed by atoms with Crippen LogP contribution in [0, 0.1) is 12.8 Å². The highest BCUT2D eigenvalue weighted by Gasteiger charge is 2.24. The molecule has 98 valence electrons. The minimum absolute atomic E-state index is 0.115. The van der Waals surface area contributed by atoms with Gasteiger partial charge in [-0.2, -0.15) is 0 Å². The van der Waals surface area contributed by atoms with Crippen molar-refractivity contribution < 1.29 is 4.79 Å². The Labute approximate surface area is 116 Å². The second-order valence-corrected chi connectivity index (χ2v) is 6.03. The minimum atomic E-state index is 0.115. The van der Waals surface area contributed by atoms with Crippen LogP contribution >= 0.6 is 15.9 Å². The van der Waals surface area contributed by atoms with Crippen molar-refractivity contribution in [2.45, 2.75) is 38.6 Å². The summed E-state index contributed by atoms with van der Waals surface area (Å²) in [6.45, 7) is 2.01. The van der Waals surface area contributed by atoms with E-state index in [0.717, 1.165) is 41.4 Å². The molecule has 0 aliphatic heterocycles. The van der Waals surface area contributed by atoms with Gasteiger partial charge in [0.05, 0.1) is 0 Å². The molecule has 18 heavy (non-hydrogen) atoms. The SMILES string of the molecule is Cc1cc(Br)cc(NC(=O)C2CCC(N)CC2)c1. The Morgan fingerprint density at radius 1 is 1.28 bits per heavy atom. The number of hydrogen-bond donors (Lipinski definition) is 2. The van der Waals surface area contributed by atoms with Crippen LogP contribution in [0.1, 0.15) is 31.2 Å². The number of halogens is 1. The monoisotopic (exact) mass is 310 g/mol. The van der Waals surface area contributed by atoms with Gasteiger partial charge in [0, 0.05) is 22.1 Å². The maximum absolute atomic E-state index is 12.1. The first-order valence-electron chi connectivity index (χ1n) is 6.38. The van der Waals surface area contributed by atoms with Crippen LogP contribution in [-0.4, -0.2) is 11.9 Å². The summed E-state index contributed by atoms with van der Waals surface area (Å²) in [5.41, 5.74) is 7.84. The molecule has 3 N–H and O–H groups in total. The molecule has 2 rings (SSSR count). The molecule has 1 saturated carbocycles. The summed E-state index contributed by atoms with van der Waals surface area (Å²) in [4.78, 5) is 12.1. The van der Waals surface area contributed by atoms with Crippen LogP contribution < -0.4 is 11.1 Å². The van der Waals surface area contributed by atoms with Crippen LogP contribution in [-0.2, 0) is 4.79 Å². The van der Waals surface area contributed by atoms with Gasteiger partial charge in [-0.15, -0.1) is 0 Å². The van der Waals surface area contributed by atoms with E-state index in [1.54, 1.807) is 0 Å². The van der Waals surface area contributed by atoms with Crippen LogP contribution in [0.25, 0.3) is 0 Å². The molecule has 3 nitrogen and oxygen atoms in total. The van der Waals surface area contributed by atoms with E-state index >= 15 is 0 Å². The molecule has 1 amide bonds. The predicted molar refractivity (Wildman–Crippen MR) is 77.4 cm³/mol. The first kappa shape index (κ1) is 13.6. The highest BCUT2D eigenvalue weighted by molar-refractivity contribution is 9.10. The van der Waals surface area contributed by atoms with Gasteiger partial charge in [0.25, 0.3) is 0 Å². The Bertz CT molecular complexity index is 419. The summed E-state index contributed by atoms with van der Waals surface area (Å²) in [5, 5.41) is 3.00. The highest BCUT2D eigenvalue weighted by atomic mass is 79.9. The van der Waals surface area contributed by atoms with E-state index in [9.17, 15) is 4.79 Å². The molecule has 0 spiro atoms. The zero-order chi connectivity index (χ0) is 13.1. The molecule has 0 radical (unpaired) electrons. The van der Waals surface area contributed by atoms with Crippen molar-refractivity contribution in [3.63, 3.8) is 0 Å². The molecule has 1 aliphatic carbocycles. The zero-order valence-electron chi connectivity index (χ0n) is 10.6. The summed E-state index contributed by atoms with van der Waals surface area (Å²) in [6, 6.07) is 6.22. The summed E-state index contributed by atoms with van der Waals surface area (Å²) in [5.74, 6) is 0.239. The van der Waals surface area contributed by atoms with Crippen LogP contribution in [0.5, 0.6) is 0 Å². The second-order valence-electron chi connectivity index (χ2n) is 5.12. The van der Waals surface area contributed by atoms with Gasteiger partial charge in [-0.05, 0) is 56.4 Å². The molecule has 0 unspecified atom stereocenters. The van der Waals surface area contributed by atoms with Crippen LogP contribution in [0.15, 0.2) is 22.7 Å². The zero-order valence-corrected chi connectivity index (χ0v) is 12.2. The number of amides is 1. The second kappa shape index (κ2) is 5.85. The first-order valence-corrected chi connectivity index (χ1v) is 7.17. The minimum Gasteiger partial charge on any atom is -0.328 e. The lowest BCUT2D eigenvalue weighted by Gasteiger charge is -2.25. The third kappa shape index (κ3) is 3.56. The molecule has 1 aliphatic rings. The normalized spacial score (nSPS) is 23.7. The maximum Gasteiger partial charge on any atom is 0.227 e. The molecular formula is C14H19BrN2O. The average Bonchev–Trinajstić information content (AvgIpc) is 2.28. The van der Waals surface area contributed by atoms with Gasteiger partial charge in [0.1, 0.15) is 0 Å². The number of nitrogens with one attached hydrogen (secondary N) is 1. The fourth-order valence-corrected chi connectivity index (χ4v) is 3.04. The molecule has 1 fully saturated rings. The lowest BCUT2D eigenvalue weighted by Crippen LogP contribution is -2.32. The lowest BCUT2D eigenvalue weighted by molar-refractivity contribution is -0.120. The van der Waals surface area contributed by atoms with E-state index in [2.05, 4.69) is 21.2 Å². The van der Waals surface area contributed by atoms with Crippen molar-refractivity contribution in [1.82, 2.24) is 0 Å². The van der Waals surface area contributed by atoms with E-state index in [-0.39, 0.29) is 17.9 Å². The van der Waals surface area contributed by atoms with Gasteiger partial charge >= 0.3 is 0 Å². The number of carbonyl (C=O) groups is 1. The Balaban J connectivity index is 1.98. The van der Waals surface area contributed by atoms with E-state index in [1.165, 1.54) is 0 Å². The number of benzene rings is 1. The first-order chi connectivity index (χ1) is 8.54. The van der Waals surface area contributed by atoms with E-state index in [4.69, 9.17) is 5.73 Å². The Morgan fingerprint density at radius 3 is 2.56 bits per heavy atom. The number of hydrogen-bond acceptors (Lipinski definition) is 2. The van der Waals surface area contributed by atoms with Crippen LogP contribution in [0.4, 0.5) is 5.69 Å². The quantitative estimate of drug-likeness (QED) is 0.881. The van der Waals surface area contributed by atoms with Gasteiger partial charge < -0.3 is 11.1 Å².